The molecule has 134 valence electrons. The summed E-state index contributed by atoms with van der Waals surface area (Å²) >= 11 is 0. The molecule has 0 unspecified atom stereocenters. The molecule has 0 spiro atoms. The first kappa shape index (κ1) is 16.6. The van der Waals surface area contributed by atoms with Crippen molar-refractivity contribution in [3.05, 3.63) is 71.5 Å². The van der Waals surface area contributed by atoms with E-state index in [1.807, 2.05) is 47.9 Å². The Hall–Kier alpha value is -3.87. The minimum absolute atomic E-state index is 0.0181. The molecular formula is C20H18N6O. The second kappa shape index (κ2) is 6.14. The second-order valence-corrected chi connectivity index (χ2v) is 6.34. The van der Waals surface area contributed by atoms with Crippen LogP contribution in [0, 0.1) is 17.7 Å². The van der Waals surface area contributed by atoms with Crippen LogP contribution < -0.4 is 11.5 Å². The third-order valence-corrected chi connectivity index (χ3v) is 4.39. The van der Waals surface area contributed by atoms with Crippen molar-refractivity contribution in [3.63, 3.8) is 0 Å². The SMILES string of the molecule is Cc1cc(C(=N)N)cn2cc(-c3ccc(-c4ccc(C(=N)N)cc4)o3)nc12. The van der Waals surface area contributed by atoms with Gasteiger partial charge in [0.25, 0.3) is 0 Å². The van der Waals surface area contributed by atoms with Gasteiger partial charge in [0.15, 0.2) is 5.76 Å². The van der Waals surface area contributed by atoms with Gasteiger partial charge in [0.05, 0.1) is 0 Å². The number of aromatic nitrogens is 2. The van der Waals surface area contributed by atoms with E-state index in [0.29, 0.717) is 28.3 Å². The van der Waals surface area contributed by atoms with Crippen LogP contribution in [-0.2, 0) is 0 Å². The summed E-state index contributed by atoms with van der Waals surface area (Å²) < 4.78 is 7.83. The van der Waals surface area contributed by atoms with Gasteiger partial charge in [-0.3, -0.25) is 10.8 Å². The molecule has 0 amide bonds. The minimum atomic E-state index is 0.0181. The van der Waals surface area contributed by atoms with Crippen LogP contribution in [0.4, 0.5) is 0 Å². The van der Waals surface area contributed by atoms with E-state index in [2.05, 4.69) is 4.98 Å². The highest BCUT2D eigenvalue weighted by atomic mass is 16.3. The molecule has 0 radical (unpaired) electrons. The molecular weight excluding hydrogens is 340 g/mol. The topological polar surface area (TPSA) is 130 Å². The van der Waals surface area contributed by atoms with Crippen molar-refractivity contribution >= 4 is 17.3 Å². The van der Waals surface area contributed by atoms with E-state index in [0.717, 1.165) is 16.8 Å². The molecule has 0 fully saturated rings. The highest BCUT2D eigenvalue weighted by Crippen LogP contribution is 2.29. The Morgan fingerprint density at radius 1 is 0.926 bits per heavy atom. The molecule has 7 nitrogen and oxygen atoms in total. The van der Waals surface area contributed by atoms with E-state index in [1.54, 1.807) is 18.3 Å². The number of pyridine rings is 1. The standard InChI is InChI=1S/C20H18N6O/c1-11-8-14(19(23)24)9-26-10-15(25-20(11)26)17-7-6-16(27-17)12-2-4-13(5-3-12)18(21)22/h2-10H,1H3,(H3,21,22)(H3,23,24). The second-order valence-electron chi connectivity index (χ2n) is 6.34. The smallest absolute Gasteiger partial charge is 0.154 e. The number of fused-ring (bicyclic) bond motifs is 1. The van der Waals surface area contributed by atoms with E-state index < -0.39 is 0 Å². The summed E-state index contributed by atoms with van der Waals surface area (Å²) in [5.74, 6) is 1.41. The van der Waals surface area contributed by atoms with Crippen LogP contribution >= 0.6 is 0 Å². The molecule has 6 N–H and O–H groups in total. The van der Waals surface area contributed by atoms with Crippen LogP contribution in [0.3, 0.4) is 0 Å². The molecule has 3 heterocycles. The van der Waals surface area contributed by atoms with E-state index >= 15 is 0 Å². The van der Waals surface area contributed by atoms with Crippen molar-refractivity contribution in [2.45, 2.75) is 6.92 Å². The Balaban J connectivity index is 1.71. The molecule has 0 aliphatic rings. The molecule has 3 aromatic heterocycles. The fourth-order valence-electron chi connectivity index (χ4n) is 2.98. The molecule has 0 saturated heterocycles. The van der Waals surface area contributed by atoms with Crippen molar-refractivity contribution in [1.29, 1.82) is 10.8 Å². The van der Waals surface area contributed by atoms with E-state index in [4.69, 9.17) is 26.7 Å². The largest absolute Gasteiger partial charge is 0.454 e. The molecule has 0 atom stereocenters. The van der Waals surface area contributed by atoms with Crippen LogP contribution in [0.2, 0.25) is 0 Å². The van der Waals surface area contributed by atoms with Crippen LogP contribution in [0.5, 0.6) is 0 Å². The van der Waals surface area contributed by atoms with Crippen molar-refractivity contribution in [2.75, 3.05) is 0 Å². The Morgan fingerprint density at radius 2 is 1.59 bits per heavy atom. The summed E-state index contributed by atoms with van der Waals surface area (Å²) in [5.41, 5.74) is 15.7. The number of benzene rings is 1. The molecule has 0 aliphatic carbocycles. The fraction of sp³-hybridized carbons (Fsp3) is 0.0500. The first-order chi connectivity index (χ1) is 12.9. The first-order valence-corrected chi connectivity index (χ1v) is 8.31. The van der Waals surface area contributed by atoms with Crippen LogP contribution in [0.1, 0.15) is 16.7 Å². The van der Waals surface area contributed by atoms with Gasteiger partial charge in [-0.1, -0.05) is 24.3 Å². The van der Waals surface area contributed by atoms with Gasteiger partial charge in [0.2, 0.25) is 0 Å². The maximum atomic E-state index is 7.62. The molecule has 4 rings (SSSR count). The van der Waals surface area contributed by atoms with E-state index in [1.165, 1.54) is 0 Å². The average Bonchev–Trinajstić information content (AvgIpc) is 3.28. The maximum absolute atomic E-state index is 7.62. The normalized spacial score (nSPS) is 11.0. The zero-order valence-corrected chi connectivity index (χ0v) is 14.7. The monoisotopic (exact) mass is 358 g/mol. The zero-order chi connectivity index (χ0) is 19.1. The van der Waals surface area contributed by atoms with E-state index in [-0.39, 0.29) is 11.7 Å². The molecule has 0 aliphatic heterocycles. The summed E-state index contributed by atoms with van der Waals surface area (Å²) in [6, 6.07) is 12.9. The highest BCUT2D eigenvalue weighted by molar-refractivity contribution is 5.95. The lowest BCUT2D eigenvalue weighted by atomic mass is 10.1. The quantitative estimate of drug-likeness (QED) is 0.330. The molecule has 0 saturated carbocycles. The van der Waals surface area contributed by atoms with Crippen molar-refractivity contribution in [2.24, 2.45) is 11.5 Å². The van der Waals surface area contributed by atoms with Gasteiger partial charge in [-0.25, -0.2) is 4.98 Å². The molecule has 7 heteroatoms. The maximum Gasteiger partial charge on any atom is 0.154 e. The lowest BCUT2D eigenvalue weighted by Crippen LogP contribution is -2.12. The third kappa shape index (κ3) is 2.95. The minimum Gasteiger partial charge on any atom is -0.454 e. The van der Waals surface area contributed by atoms with Crippen molar-refractivity contribution < 1.29 is 4.42 Å². The summed E-state index contributed by atoms with van der Waals surface area (Å²) in [4.78, 5) is 4.64. The summed E-state index contributed by atoms with van der Waals surface area (Å²) in [7, 11) is 0. The van der Waals surface area contributed by atoms with Gasteiger partial charge in [0, 0.05) is 29.1 Å². The Morgan fingerprint density at radius 3 is 2.26 bits per heavy atom. The summed E-state index contributed by atoms with van der Waals surface area (Å²) in [5, 5.41) is 15.1. The fourth-order valence-corrected chi connectivity index (χ4v) is 2.98. The van der Waals surface area contributed by atoms with Crippen molar-refractivity contribution in [1.82, 2.24) is 9.38 Å². The molecule has 4 aromatic rings. The van der Waals surface area contributed by atoms with Gasteiger partial charge in [-0.05, 0) is 30.7 Å². The van der Waals surface area contributed by atoms with Gasteiger partial charge in [-0.15, -0.1) is 0 Å². The van der Waals surface area contributed by atoms with E-state index in [9.17, 15) is 0 Å². The van der Waals surface area contributed by atoms with Gasteiger partial charge < -0.3 is 20.3 Å². The Kier molecular flexibility index (Phi) is 3.77. The van der Waals surface area contributed by atoms with Gasteiger partial charge in [0.1, 0.15) is 28.8 Å². The number of aryl methyl sites for hydroxylation is 1. The predicted octanol–water partition coefficient (Wildman–Crippen LogP) is 3.14. The van der Waals surface area contributed by atoms with Gasteiger partial charge in [-0.2, -0.15) is 0 Å². The Labute approximate surface area is 155 Å². The number of nitrogens with zero attached hydrogens (tertiary/aromatic N) is 2. The third-order valence-electron chi connectivity index (χ3n) is 4.39. The lowest BCUT2D eigenvalue weighted by molar-refractivity contribution is 0.595. The average molecular weight is 358 g/mol. The van der Waals surface area contributed by atoms with Gasteiger partial charge >= 0.3 is 0 Å². The number of amidine groups is 2. The molecule has 27 heavy (non-hydrogen) atoms. The van der Waals surface area contributed by atoms with Crippen molar-refractivity contribution in [3.8, 4) is 22.8 Å². The Bertz CT molecular complexity index is 1180. The number of nitrogens with one attached hydrogen (secondary N) is 2. The summed E-state index contributed by atoms with van der Waals surface area (Å²) in [6.07, 6.45) is 3.64. The van der Waals surface area contributed by atoms with Crippen LogP contribution in [0.25, 0.3) is 28.4 Å². The first-order valence-electron chi connectivity index (χ1n) is 8.31. The van der Waals surface area contributed by atoms with Crippen LogP contribution in [0.15, 0.2) is 59.3 Å². The number of furan rings is 1. The zero-order valence-electron chi connectivity index (χ0n) is 14.7. The number of rotatable bonds is 4. The number of imidazole rings is 1. The highest BCUT2D eigenvalue weighted by Gasteiger charge is 2.13. The predicted molar refractivity (Wildman–Crippen MR) is 105 cm³/mol. The molecule has 0 bridgehead atoms. The van der Waals surface area contributed by atoms with Crippen LogP contribution in [-0.4, -0.2) is 21.1 Å². The number of hydrogen-bond donors (Lipinski definition) is 4. The lowest BCUT2D eigenvalue weighted by Gasteiger charge is -2.02. The number of nitrogen functional groups attached to an aromatic ring is 2. The number of hydrogen-bond acceptors (Lipinski definition) is 4. The number of nitrogens with two attached hydrogens (primary N) is 2. The summed E-state index contributed by atoms with van der Waals surface area (Å²) in [6.45, 7) is 1.93. The molecule has 1 aromatic carbocycles.